The van der Waals surface area contributed by atoms with Crippen LogP contribution in [0.15, 0.2) is 18.2 Å². The van der Waals surface area contributed by atoms with Gasteiger partial charge in [-0.2, -0.15) is 0 Å². The lowest BCUT2D eigenvalue weighted by Crippen LogP contribution is -2.25. The van der Waals surface area contributed by atoms with Gasteiger partial charge in [-0.25, -0.2) is 0 Å². The Morgan fingerprint density at radius 1 is 1.47 bits per heavy atom. The predicted octanol–water partition coefficient (Wildman–Crippen LogP) is 2.95. The zero-order valence-electron chi connectivity index (χ0n) is 9.51. The first-order chi connectivity index (χ1) is 7.20. The van der Waals surface area contributed by atoms with Gasteiger partial charge in [0.1, 0.15) is 0 Å². The second-order valence-electron chi connectivity index (χ2n) is 3.52. The molecular formula is C12H18ClNO. The van der Waals surface area contributed by atoms with E-state index < -0.39 is 0 Å². The van der Waals surface area contributed by atoms with Crippen molar-refractivity contribution in [2.75, 3.05) is 20.3 Å². The molecule has 0 saturated carbocycles. The minimum atomic E-state index is 0.221. The van der Waals surface area contributed by atoms with Gasteiger partial charge in [0.25, 0.3) is 0 Å². The summed E-state index contributed by atoms with van der Waals surface area (Å²) >= 11 is 6.09. The summed E-state index contributed by atoms with van der Waals surface area (Å²) < 4.78 is 5.20. The van der Waals surface area contributed by atoms with Crippen LogP contribution in [0.25, 0.3) is 0 Å². The van der Waals surface area contributed by atoms with Crippen molar-refractivity contribution in [3.63, 3.8) is 0 Å². The zero-order chi connectivity index (χ0) is 11.3. The third kappa shape index (κ3) is 3.20. The van der Waals surface area contributed by atoms with Crippen molar-refractivity contribution in [3.8, 4) is 0 Å². The van der Waals surface area contributed by atoms with Crippen LogP contribution < -0.4 is 5.32 Å². The predicted molar refractivity (Wildman–Crippen MR) is 64.5 cm³/mol. The molecule has 0 aliphatic heterocycles. The average Bonchev–Trinajstić information content (AvgIpc) is 2.22. The molecule has 0 fully saturated rings. The molecule has 0 aromatic heterocycles. The Morgan fingerprint density at radius 2 is 2.20 bits per heavy atom. The van der Waals surface area contributed by atoms with Crippen molar-refractivity contribution in [2.24, 2.45) is 0 Å². The van der Waals surface area contributed by atoms with Gasteiger partial charge in [-0.15, -0.1) is 0 Å². The van der Waals surface area contributed by atoms with Gasteiger partial charge in [0, 0.05) is 12.1 Å². The fourth-order valence-corrected chi connectivity index (χ4v) is 1.86. The Labute approximate surface area is 96.6 Å². The molecule has 2 nitrogen and oxygen atoms in total. The number of benzene rings is 1. The molecule has 1 aromatic rings. The highest BCUT2D eigenvalue weighted by molar-refractivity contribution is 6.31. The molecule has 0 heterocycles. The molecule has 15 heavy (non-hydrogen) atoms. The molecule has 0 radical (unpaired) electrons. The van der Waals surface area contributed by atoms with E-state index >= 15 is 0 Å². The normalized spacial score (nSPS) is 12.8. The van der Waals surface area contributed by atoms with Crippen molar-refractivity contribution in [3.05, 3.63) is 34.3 Å². The summed E-state index contributed by atoms with van der Waals surface area (Å²) in [6, 6.07) is 6.20. The first kappa shape index (κ1) is 12.5. The standard InChI is InChI=1S/C12H18ClNO/c1-4-14-12(8-15-3)10-6-5-7-11(13)9(10)2/h5-7,12,14H,4,8H2,1-3H3. The number of rotatable bonds is 5. The Hall–Kier alpha value is -0.570. The third-order valence-electron chi connectivity index (χ3n) is 2.47. The maximum atomic E-state index is 6.09. The number of likely N-dealkylation sites (N-methyl/N-ethyl adjacent to an activating group) is 1. The molecule has 0 bridgehead atoms. The van der Waals surface area contributed by atoms with E-state index in [-0.39, 0.29) is 6.04 Å². The number of nitrogens with one attached hydrogen (secondary N) is 1. The summed E-state index contributed by atoms with van der Waals surface area (Å²) in [5.74, 6) is 0. The summed E-state index contributed by atoms with van der Waals surface area (Å²) in [5, 5.41) is 4.20. The van der Waals surface area contributed by atoms with Gasteiger partial charge in [0.2, 0.25) is 0 Å². The summed E-state index contributed by atoms with van der Waals surface area (Å²) in [5.41, 5.74) is 2.34. The van der Waals surface area contributed by atoms with E-state index in [1.165, 1.54) is 5.56 Å². The molecule has 84 valence electrons. The van der Waals surface area contributed by atoms with Gasteiger partial charge in [0.05, 0.1) is 12.6 Å². The van der Waals surface area contributed by atoms with Crippen LogP contribution in [0.5, 0.6) is 0 Å². The van der Waals surface area contributed by atoms with E-state index in [4.69, 9.17) is 16.3 Å². The van der Waals surface area contributed by atoms with Gasteiger partial charge >= 0.3 is 0 Å². The smallest absolute Gasteiger partial charge is 0.0657 e. The fraction of sp³-hybridized carbons (Fsp3) is 0.500. The monoisotopic (exact) mass is 227 g/mol. The SMILES string of the molecule is CCNC(COC)c1cccc(Cl)c1C. The number of hydrogen-bond acceptors (Lipinski definition) is 2. The molecule has 0 amide bonds. The van der Waals surface area contributed by atoms with E-state index in [0.717, 1.165) is 17.1 Å². The van der Waals surface area contributed by atoms with E-state index in [0.29, 0.717) is 6.61 Å². The van der Waals surface area contributed by atoms with Crippen molar-refractivity contribution >= 4 is 11.6 Å². The quantitative estimate of drug-likeness (QED) is 0.835. The highest BCUT2D eigenvalue weighted by Gasteiger charge is 2.13. The topological polar surface area (TPSA) is 21.3 Å². The van der Waals surface area contributed by atoms with E-state index in [1.54, 1.807) is 7.11 Å². The van der Waals surface area contributed by atoms with Crippen LogP contribution in [-0.4, -0.2) is 20.3 Å². The Kier molecular flexibility index (Phi) is 5.09. The molecule has 1 atom stereocenters. The zero-order valence-corrected chi connectivity index (χ0v) is 10.3. The van der Waals surface area contributed by atoms with E-state index in [9.17, 15) is 0 Å². The van der Waals surface area contributed by atoms with Crippen molar-refractivity contribution in [2.45, 2.75) is 19.9 Å². The molecular weight excluding hydrogens is 210 g/mol. The van der Waals surface area contributed by atoms with Crippen LogP contribution in [0.2, 0.25) is 5.02 Å². The molecule has 0 aliphatic rings. The largest absolute Gasteiger partial charge is 0.383 e. The molecule has 3 heteroatoms. The summed E-state index contributed by atoms with van der Waals surface area (Å²) in [6.07, 6.45) is 0. The van der Waals surface area contributed by atoms with Gasteiger partial charge in [0.15, 0.2) is 0 Å². The summed E-state index contributed by atoms with van der Waals surface area (Å²) in [7, 11) is 1.71. The number of ether oxygens (including phenoxy) is 1. The number of halogens is 1. The number of methoxy groups -OCH3 is 1. The minimum Gasteiger partial charge on any atom is -0.383 e. The lowest BCUT2D eigenvalue weighted by atomic mass is 10.0. The van der Waals surface area contributed by atoms with E-state index in [2.05, 4.69) is 18.3 Å². The molecule has 1 N–H and O–H groups in total. The van der Waals surface area contributed by atoms with Gasteiger partial charge in [-0.3, -0.25) is 0 Å². The second-order valence-corrected chi connectivity index (χ2v) is 3.93. The van der Waals surface area contributed by atoms with Crippen LogP contribution >= 0.6 is 11.6 Å². The lowest BCUT2D eigenvalue weighted by Gasteiger charge is -2.20. The van der Waals surface area contributed by atoms with Gasteiger partial charge in [-0.05, 0) is 30.7 Å². The molecule has 1 rings (SSSR count). The third-order valence-corrected chi connectivity index (χ3v) is 2.88. The second kappa shape index (κ2) is 6.11. The Bertz CT molecular complexity index is 308. The summed E-state index contributed by atoms with van der Waals surface area (Å²) in [4.78, 5) is 0. The lowest BCUT2D eigenvalue weighted by molar-refractivity contribution is 0.167. The molecule has 1 aromatic carbocycles. The molecule has 1 unspecified atom stereocenters. The summed E-state index contributed by atoms with van der Waals surface area (Å²) in [6.45, 7) is 5.70. The van der Waals surface area contributed by atoms with E-state index in [1.807, 2.05) is 19.1 Å². The van der Waals surface area contributed by atoms with Crippen LogP contribution in [0.3, 0.4) is 0 Å². The van der Waals surface area contributed by atoms with Crippen molar-refractivity contribution in [1.29, 1.82) is 0 Å². The Balaban J connectivity index is 2.94. The van der Waals surface area contributed by atoms with Crippen LogP contribution in [0, 0.1) is 6.92 Å². The maximum absolute atomic E-state index is 6.09. The first-order valence-corrected chi connectivity index (χ1v) is 5.55. The fourth-order valence-electron chi connectivity index (χ4n) is 1.67. The van der Waals surface area contributed by atoms with Gasteiger partial charge < -0.3 is 10.1 Å². The van der Waals surface area contributed by atoms with Crippen LogP contribution in [0.1, 0.15) is 24.1 Å². The first-order valence-electron chi connectivity index (χ1n) is 5.18. The minimum absolute atomic E-state index is 0.221. The molecule has 0 spiro atoms. The van der Waals surface area contributed by atoms with Crippen molar-refractivity contribution in [1.82, 2.24) is 5.32 Å². The van der Waals surface area contributed by atoms with Crippen LogP contribution in [0.4, 0.5) is 0 Å². The van der Waals surface area contributed by atoms with Crippen molar-refractivity contribution < 1.29 is 4.74 Å². The molecule has 0 aliphatic carbocycles. The number of hydrogen-bond donors (Lipinski definition) is 1. The molecule has 0 saturated heterocycles. The highest BCUT2D eigenvalue weighted by atomic mass is 35.5. The highest BCUT2D eigenvalue weighted by Crippen LogP contribution is 2.24. The Morgan fingerprint density at radius 3 is 2.80 bits per heavy atom. The van der Waals surface area contributed by atoms with Crippen LogP contribution in [-0.2, 0) is 4.74 Å². The van der Waals surface area contributed by atoms with Gasteiger partial charge in [-0.1, -0.05) is 30.7 Å². The maximum Gasteiger partial charge on any atom is 0.0657 e. The average molecular weight is 228 g/mol.